The van der Waals surface area contributed by atoms with Gasteiger partial charge in [-0.05, 0) is 13.8 Å². The van der Waals surface area contributed by atoms with Crippen LogP contribution in [-0.2, 0) is 14.3 Å². The van der Waals surface area contributed by atoms with E-state index >= 15 is 0 Å². The number of rotatable bonds is 6. The van der Waals surface area contributed by atoms with Crippen molar-refractivity contribution >= 4 is 17.5 Å². The molecule has 2 rings (SSSR count). The van der Waals surface area contributed by atoms with Gasteiger partial charge in [0, 0.05) is 11.1 Å². The molecule has 1 atom stereocenters. The van der Waals surface area contributed by atoms with E-state index in [0.717, 1.165) is 11.1 Å². The first kappa shape index (κ1) is 16.6. The highest BCUT2D eigenvalue weighted by molar-refractivity contribution is 6.15. The zero-order valence-corrected chi connectivity index (χ0v) is 13.2. The van der Waals surface area contributed by atoms with Crippen LogP contribution in [0.3, 0.4) is 0 Å². The Morgan fingerprint density at radius 2 is 1.43 bits per heavy atom. The summed E-state index contributed by atoms with van der Waals surface area (Å²) < 4.78 is 4.97. The van der Waals surface area contributed by atoms with E-state index in [9.17, 15) is 9.59 Å². The molecule has 0 bridgehead atoms. The molecule has 118 valence electrons. The van der Waals surface area contributed by atoms with Crippen molar-refractivity contribution in [3.8, 4) is 0 Å². The molecular formula is C19H19NO3. The van der Waals surface area contributed by atoms with Crippen LogP contribution in [0.4, 0.5) is 0 Å². The van der Waals surface area contributed by atoms with Crippen LogP contribution in [0, 0.1) is 0 Å². The molecule has 0 radical (unpaired) electrons. The fourth-order valence-electron chi connectivity index (χ4n) is 2.17. The molecule has 2 aromatic rings. The van der Waals surface area contributed by atoms with Gasteiger partial charge in [-0.25, -0.2) is 4.79 Å². The molecule has 23 heavy (non-hydrogen) atoms. The molecule has 0 spiro atoms. The second kappa shape index (κ2) is 8.03. The molecule has 0 aliphatic heterocycles. The Kier molecular flexibility index (Phi) is 5.80. The van der Waals surface area contributed by atoms with Gasteiger partial charge in [-0.1, -0.05) is 60.7 Å². The second-order valence-corrected chi connectivity index (χ2v) is 4.97. The van der Waals surface area contributed by atoms with Crippen molar-refractivity contribution < 1.29 is 14.3 Å². The predicted molar refractivity (Wildman–Crippen MR) is 89.6 cm³/mol. The number of aliphatic imine (C=N–C) groups is 1. The molecule has 4 nitrogen and oxygen atoms in total. The Morgan fingerprint density at radius 1 is 0.957 bits per heavy atom. The topological polar surface area (TPSA) is 55.7 Å². The Bertz CT molecular complexity index is 652. The third kappa shape index (κ3) is 4.36. The van der Waals surface area contributed by atoms with Crippen molar-refractivity contribution in [2.24, 2.45) is 4.99 Å². The van der Waals surface area contributed by atoms with E-state index in [-0.39, 0.29) is 12.4 Å². The average molecular weight is 309 g/mol. The fraction of sp³-hybridized carbons (Fsp3) is 0.211. The van der Waals surface area contributed by atoms with Crippen LogP contribution in [0.15, 0.2) is 65.7 Å². The van der Waals surface area contributed by atoms with Crippen LogP contribution in [0.1, 0.15) is 25.0 Å². The number of ketones is 1. The van der Waals surface area contributed by atoms with Crippen LogP contribution in [-0.4, -0.2) is 30.1 Å². The summed E-state index contributed by atoms with van der Waals surface area (Å²) in [6.07, 6.45) is 0. The first-order chi connectivity index (χ1) is 11.1. The Labute approximate surface area is 135 Å². The van der Waals surface area contributed by atoms with Gasteiger partial charge in [-0.15, -0.1) is 0 Å². The number of nitrogens with zero attached hydrogens (tertiary/aromatic N) is 1. The van der Waals surface area contributed by atoms with Crippen LogP contribution in [0.25, 0.3) is 0 Å². The van der Waals surface area contributed by atoms with Gasteiger partial charge in [-0.2, -0.15) is 0 Å². The van der Waals surface area contributed by atoms with Gasteiger partial charge < -0.3 is 4.74 Å². The number of esters is 1. The summed E-state index contributed by atoms with van der Waals surface area (Å²) in [4.78, 5) is 28.3. The second-order valence-electron chi connectivity index (χ2n) is 4.97. The van der Waals surface area contributed by atoms with E-state index in [0.29, 0.717) is 5.71 Å². The summed E-state index contributed by atoms with van der Waals surface area (Å²) in [5, 5.41) is 0. The summed E-state index contributed by atoms with van der Waals surface area (Å²) in [6, 6.07) is 17.8. The number of Topliss-reactive ketones (excluding diaryl/α,β-unsaturated/α-hetero) is 1. The summed E-state index contributed by atoms with van der Waals surface area (Å²) >= 11 is 0. The smallest absolute Gasteiger partial charge is 0.338 e. The van der Waals surface area contributed by atoms with Gasteiger partial charge in [0.25, 0.3) is 0 Å². The van der Waals surface area contributed by atoms with Gasteiger partial charge in [0.05, 0.1) is 12.3 Å². The molecule has 1 unspecified atom stereocenters. The van der Waals surface area contributed by atoms with Gasteiger partial charge in [0.2, 0.25) is 6.04 Å². The molecule has 0 aliphatic rings. The number of ether oxygens (including phenoxy) is 1. The summed E-state index contributed by atoms with van der Waals surface area (Å²) in [5.74, 6) is -0.961. The molecule has 0 aromatic heterocycles. The lowest BCUT2D eigenvalue weighted by molar-refractivity contribution is -0.146. The Morgan fingerprint density at radius 3 is 1.83 bits per heavy atom. The van der Waals surface area contributed by atoms with Crippen LogP contribution in [0.2, 0.25) is 0 Å². The average Bonchev–Trinajstić information content (AvgIpc) is 2.57. The molecule has 0 amide bonds. The van der Waals surface area contributed by atoms with Crippen LogP contribution in [0.5, 0.6) is 0 Å². The molecule has 0 aliphatic carbocycles. The van der Waals surface area contributed by atoms with Crippen molar-refractivity contribution in [3.63, 3.8) is 0 Å². The fourth-order valence-corrected chi connectivity index (χ4v) is 2.17. The SMILES string of the molecule is CCOC(=O)C(N=C(c1ccccc1)c1ccccc1)C(C)=O. The zero-order chi connectivity index (χ0) is 16.7. The van der Waals surface area contributed by atoms with Crippen molar-refractivity contribution in [1.29, 1.82) is 0 Å². The van der Waals surface area contributed by atoms with E-state index in [2.05, 4.69) is 4.99 Å². The van der Waals surface area contributed by atoms with Gasteiger partial charge in [0.1, 0.15) is 0 Å². The van der Waals surface area contributed by atoms with Crippen molar-refractivity contribution in [1.82, 2.24) is 0 Å². The van der Waals surface area contributed by atoms with Crippen LogP contribution >= 0.6 is 0 Å². The quantitative estimate of drug-likeness (QED) is 0.468. The minimum Gasteiger partial charge on any atom is -0.464 e. The predicted octanol–water partition coefficient (Wildman–Crippen LogP) is 3.04. The summed E-state index contributed by atoms with van der Waals surface area (Å²) in [5.41, 5.74) is 2.28. The Balaban J connectivity index is 2.52. The first-order valence-electron chi connectivity index (χ1n) is 7.49. The lowest BCUT2D eigenvalue weighted by Gasteiger charge is -2.13. The standard InChI is InChI=1S/C19H19NO3/c1-3-23-19(22)17(14(2)21)20-18(15-10-6-4-7-11-15)16-12-8-5-9-13-16/h4-13,17H,3H2,1-2H3. The molecule has 0 N–H and O–H groups in total. The molecular weight excluding hydrogens is 290 g/mol. The van der Waals surface area contributed by atoms with Crippen molar-refractivity contribution in [2.75, 3.05) is 6.61 Å². The highest BCUT2D eigenvalue weighted by Gasteiger charge is 2.25. The van der Waals surface area contributed by atoms with Gasteiger partial charge in [0.15, 0.2) is 5.78 Å². The Hall–Kier alpha value is -2.75. The summed E-state index contributed by atoms with van der Waals surface area (Å²) in [7, 11) is 0. The molecule has 0 fully saturated rings. The lowest BCUT2D eigenvalue weighted by Crippen LogP contribution is -2.30. The largest absolute Gasteiger partial charge is 0.464 e. The number of benzene rings is 2. The molecule has 0 saturated carbocycles. The van der Waals surface area contributed by atoms with Gasteiger partial charge >= 0.3 is 5.97 Å². The van der Waals surface area contributed by atoms with E-state index < -0.39 is 12.0 Å². The van der Waals surface area contributed by atoms with E-state index in [1.54, 1.807) is 6.92 Å². The van der Waals surface area contributed by atoms with Crippen molar-refractivity contribution in [3.05, 3.63) is 71.8 Å². The molecule has 4 heteroatoms. The highest BCUT2D eigenvalue weighted by Crippen LogP contribution is 2.13. The van der Waals surface area contributed by atoms with Crippen LogP contribution < -0.4 is 0 Å². The molecule has 2 aromatic carbocycles. The monoisotopic (exact) mass is 309 g/mol. The summed E-state index contributed by atoms with van der Waals surface area (Å²) in [6.45, 7) is 3.26. The number of carbonyl (C=O) groups excluding carboxylic acids is 2. The first-order valence-corrected chi connectivity index (χ1v) is 7.49. The maximum atomic E-state index is 12.0. The minimum absolute atomic E-state index is 0.212. The lowest BCUT2D eigenvalue weighted by atomic mass is 10.0. The number of hydrogen-bond donors (Lipinski definition) is 0. The van der Waals surface area contributed by atoms with E-state index in [1.807, 2.05) is 60.7 Å². The molecule has 0 saturated heterocycles. The highest BCUT2D eigenvalue weighted by atomic mass is 16.5. The normalized spacial score (nSPS) is 11.4. The van der Waals surface area contributed by atoms with Gasteiger partial charge in [-0.3, -0.25) is 9.79 Å². The maximum Gasteiger partial charge on any atom is 0.338 e. The third-order valence-electron chi connectivity index (χ3n) is 3.25. The zero-order valence-electron chi connectivity index (χ0n) is 13.2. The third-order valence-corrected chi connectivity index (χ3v) is 3.25. The molecule has 0 heterocycles. The van der Waals surface area contributed by atoms with Crippen molar-refractivity contribution in [2.45, 2.75) is 19.9 Å². The van der Waals surface area contributed by atoms with E-state index in [4.69, 9.17) is 4.74 Å². The van der Waals surface area contributed by atoms with E-state index in [1.165, 1.54) is 6.92 Å². The maximum absolute atomic E-state index is 12.0. The number of hydrogen-bond acceptors (Lipinski definition) is 4. The minimum atomic E-state index is -1.15. The number of carbonyl (C=O) groups is 2.